The van der Waals surface area contributed by atoms with Crippen LogP contribution in [0, 0.1) is 0 Å². The maximum absolute atomic E-state index is 13.1. The van der Waals surface area contributed by atoms with Gasteiger partial charge < -0.3 is 5.32 Å². The number of hydrogen-bond donors (Lipinski definition) is 1. The van der Waals surface area contributed by atoms with Gasteiger partial charge in [-0.05, 0) is 37.5 Å². The molecule has 166 valence electrons. The number of aliphatic imine (C=N–C) groups is 1. The largest absolute Gasteiger partial charge is 0.325 e. The van der Waals surface area contributed by atoms with Crippen LogP contribution in [0.1, 0.15) is 45.4 Å². The number of thioether (sulfide) groups is 1. The lowest BCUT2D eigenvalue weighted by Crippen LogP contribution is -2.44. The number of benzene rings is 1. The van der Waals surface area contributed by atoms with Crippen LogP contribution in [-0.2, 0) is 9.59 Å². The van der Waals surface area contributed by atoms with Gasteiger partial charge in [0.25, 0.3) is 5.91 Å². The summed E-state index contributed by atoms with van der Waals surface area (Å²) in [7, 11) is 0. The van der Waals surface area contributed by atoms with E-state index in [1.54, 1.807) is 23.1 Å². The van der Waals surface area contributed by atoms with Gasteiger partial charge in [0.05, 0.1) is 15.7 Å². The molecule has 1 spiro atoms. The number of urea groups is 1. The molecule has 1 aromatic carbocycles. The van der Waals surface area contributed by atoms with Gasteiger partial charge in [-0.2, -0.15) is 0 Å². The van der Waals surface area contributed by atoms with Gasteiger partial charge in [0.1, 0.15) is 5.54 Å². The van der Waals surface area contributed by atoms with Crippen molar-refractivity contribution in [1.82, 2.24) is 15.1 Å². The third-order valence-electron chi connectivity index (χ3n) is 6.10. The minimum Gasteiger partial charge on any atom is -0.323 e. The van der Waals surface area contributed by atoms with Crippen molar-refractivity contribution in [1.29, 1.82) is 0 Å². The molecule has 2 heterocycles. The predicted octanol–water partition coefficient (Wildman–Crippen LogP) is 4.59. The maximum atomic E-state index is 13.1. The normalized spacial score (nSPS) is 24.0. The Bertz CT molecular complexity index is 949. The third-order valence-corrected chi connectivity index (χ3v) is 7.93. The van der Waals surface area contributed by atoms with E-state index < -0.39 is 11.6 Å². The Morgan fingerprint density at radius 3 is 2.68 bits per heavy atom. The van der Waals surface area contributed by atoms with Crippen molar-refractivity contribution in [2.75, 3.05) is 12.3 Å². The van der Waals surface area contributed by atoms with Gasteiger partial charge >= 0.3 is 6.03 Å². The molecule has 7 nitrogen and oxygen atoms in total. The van der Waals surface area contributed by atoms with Crippen LogP contribution >= 0.6 is 35.0 Å². The molecule has 1 atom stereocenters. The number of amidine groups is 1. The topological polar surface area (TPSA) is 82.1 Å². The SMILES string of the molecule is CCC1CSC(=Nc2ccc(Cl)c(Cl)c2)N1C(=O)CCN1C(=O)NC2(CCCC2)C1=O. The van der Waals surface area contributed by atoms with Gasteiger partial charge in [0.2, 0.25) is 5.91 Å². The molecular weight excluding hydrogens is 459 g/mol. The van der Waals surface area contributed by atoms with E-state index in [4.69, 9.17) is 23.2 Å². The number of carbonyl (C=O) groups is 3. The van der Waals surface area contributed by atoms with Gasteiger partial charge in [-0.25, -0.2) is 9.79 Å². The molecule has 3 aliphatic rings. The summed E-state index contributed by atoms with van der Waals surface area (Å²) >= 11 is 13.6. The molecule has 1 unspecified atom stereocenters. The van der Waals surface area contributed by atoms with Crippen molar-refractivity contribution >= 4 is 63.7 Å². The van der Waals surface area contributed by atoms with Crippen LogP contribution < -0.4 is 5.32 Å². The first-order valence-electron chi connectivity index (χ1n) is 10.5. The first-order valence-corrected chi connectivity index (χ1v) is 12.2. The summed E-state index contributed by atoms with van der Waals surface area (Å²) < 4.78 is 0. The van der Waals surface area contributed by atoms with Crippen molar-refractivity contribution in [2.45, 2.75) is 57.0 Å². The molecule has 4 rings (SSSR count). The van der Waals surface area contributed by atoms with Crippen LogP contribution in [0.15, 0.2) is 23.2 Å². The molecule has 1 aliphatic carbocycles. The Hall–Kier alpha value is -1.77. The van der Waals surface area contributed by atoms with Crippen LogP contribution in [0.3, 0.4) is 0 Å². The van der Waals surface area contributed by atoms with Crippen molar-refractivity contribution in [2.24, 2.45) is 4.99 Å². The van der Waals surface area contributed by atoms with Gasteiger partial charge in [-0.1, -0.05) is 54.7 Å². The highest BCUT2D eigenvalue weighted by atomic mass is 35.5. The molecule has 1 aromatic rings. The van der Waals surface area contributed by atoms with Crippen molar-refractivity contribution in [3.05, 3.63) is 28.2 Å². The van der Waals surface area contributed by atoms with E-state index in [1.165, 1.54) is 16.7 Å². The number of rotatable bonds is 5. The minimum atomic E-state index is -0.754. The number of imide groups is 1. The smallest absolute Gasteiger partial charge is 0.323 e. The lowest BCUT2D eigenvalue weighted by atomic mass is 9.98. The average Bonchev–Trinajstić information content (AvgIpc) is 3.43. The summed E-state index contributed by atoms with van der Waals surface area (Å²) in [6.07, 6.45) is 4.04. The molecule has 31 heavy (non-hydrogen) atoms. The lowest BCUT2D eigenvalue weighted by Gasteiger charge is -2.24. The average molecular weight is 483 g/mol. The van der Waals surface area contributed by atoms with E-state index in [9.17, 15) is 14.4 Å². The molecule has 0 radical (unpaired) electrons. The van der Waals surface area contributed by atoms with Gasteiger partial charge in [-0.3, -0.25) is 19.4 Å². The molecule has 4 amide bonds. The maximum Gasteiger partial charge on any atom is 0.325 e. The minimum absolute atomic E-state index is 0.0169. The highest BCUT2D eigenvalue weighted by molar-refractivity contribution is 8.14. The standard InChI is InChI=1S/C21H24Cl2N4O3S/c1-2-14-12-31-20(24-13-5-6-15(22)16(23)11-13)27(14)17(28)7-10-26-18(29)21(25-19(26)30)8-3-4-9-21/h5-6,11,14H,2-4,7-10,12H2,1H3,(H,25,30). The first-order chi connectivity index (χ1) is 14.8. The Balaban J connectivity index is 1.47. The van der Waals surface area contributed by atoms with E-state index in [-0.39, 0.29) is 30.8 Å². The Kier molecular flexibility index (Phi) is 6.51. The number of hydrogen-bond acceptors (Lipinski definition) is 5. The molecule has 0 bridgehead atoms. The van der Waals surface area contributed by atoms with Crippen LogP contribution in [0.5, 0.6) is 0 Å². The number of nitrogens with one attached hydrogen (secondary N) is 1. The van der Waals surface area contributed by atoms with Gasteiger partial charge in [0, 0.05) is 24.8 Å². The van der Waals surface area contributed by atoms with Crippen LogP contribution in [0.2, 0.25) is 10.0 Å². The van der Waals surface area contributed by atoms with Crippen molar-refractivity contribution < 1.29 is 14.4 Å². The second kappa shape index (κ2) is 9.00. The Morgan fingerprint density at radius 2 is 2.00 bits per heavy atom. The van der Waals surface area contributed by atoms with Crippen LogP contribution in [0.25, 0.3) is 0 Å². The van der Waals surface area contributed by atoms with Gasteiger partial charge in [-0.15, -0.1) is 0 Å². The van der Waals surface area contributed by atoms with Gasteiger partial charge in [0.15, 0.2) is 5.17 Å². The summed E-state index contributed by atoms with van der Waals surface area (Å²) in [5.74, 6) is 0.397. The second-order valence-corrected chi connectivity index (χ2v) is 9.86. The molecule has 0 aromatic heterocycles. The fourth-order valence-electron chi connectivity index (χ4n) is 4.36. The van der Waals surface area contributed by atoms with Crippen molar-refractivity contribution in [3.8, 4) is 0 Å². The van der Waals surface area contributed by atoms with E-state index >= 15 is 0 Å². The number of carbonyl (C=O) groups excluding carboxylic acids is 3. The summed E-state index contributed by atoms with van der Waals surface area (Å²) in [6.45, 7) is 2.10. The first kappa shape index (κ1) is 22.4. The Labute approximate surface area is 195 Å². The highest BCUT2D eigenvalue weighted by Gasteiger charge is 2.52. The fourth-order valence-corrected chi connectivity index (χ4v) is 5.94. The second-order valence-electron chi connectivity index (χ2n) is 8.06. The zero-order valence-corrected chi connectivity index (χ0v) is 19.5. The molecule has 1 N–H and O–H groups in total. The molecule has 1 saturated carbocycles. The summed E-state index contributed by atoms with van der Waals surface area (Å²) in [4.78, 5) is 45.8. The zero-order valence-electron chi connectivity index (χ0n) is 17.2. The fraction of sp³-hybridized carbons (Fsp3) is 0.524. The Morgan fingerprint density at radius 1 is 1.26 bits per heavy atom. The third kappa shape index (κ3) is 4.30. The van der Waals surface area contributed by atoms with E-state index in [0.717, 1.165) is 25.0 Å². The summed E-state index contributed by atoms with van der Waals surface area (Å²) in [6, 6.07) is 4.70. The number of amides is 4. The molecular formula is C21H24Cl2N4O3S. The highest BCUT2D eigenvalue weighted by Crippen LogP contribution is 2.36. The van der Waals surface area contributed by atoms with Crippen LogP contribution in [0.4, 0.5) is 10.5 Å². The monoisotopic (exact) mass is 482 g/mol. The van der Waals surface area contributed by atoms with Crippen LogP contribution in [-0.4, -0.2) is 56.7 Å². The van der Waals surface area contributed by atoms with E-state index in [0.29, 0.717) is 33.7 Å². The quantitative estimate of drug-likeness (QED) is 0.622. The van der Waals surface area contributed by atoms with Crippen molar-refractivity contribution in [3.63, 3.8) is 0 Å². The molecule has 3 fully saturated rings. The number of nitrogens with zero attached hydrogens (tertiary/aromatic N) is 3. The summed E-state index contributed by atoms with van der Waals surface area (Å²) in [5, 5.41) is 4.29. The molecule has 2 saturated heterocycles. The predicted molar refractivity (Wildman–Crippen MR) is 123 cm³/mol. The molecule has 2 aliphatic heterocycles. The molecule has 10 heteroatoms. The zero-order chi connectivity index (χ0) is 22.2. The summed E-state index contributed by atoms with van der Waals surface area (Å²) in [5.41, 5.74) is -0.139. The van der Waals surface area contributed by atoms with E-state index in [2.05, 4.69) is 10.3 Å². The lowest BCUT2D eigenvalue weighted by molar-refractivity contribution is -0.132. The number of halogens is 2. The van der Waals surface area contributed by atoms with E-state index in [1.807, 2.05) is 6.92 Å².